The fraction of sp³-hybridized carbons (Fsp3) is 0.500. The molecule has 4 aliphatic carbocycles. The summed E-state index contributed by atoms with van der Waals surface area (Å²) in [4.78, 5) is 15.6. The van der Waals surface area contributed by atoms with E-state index in [4.69, 9.17) is 145 Å². The Bertz CT molecular complexity index is 2850. The second-order valence-corrected chi connectivity index (χ2v) is 25.8. The van der Waals surface area contributed by atoms with E-state index >= 15 is 0 Å². The Morgan fingerprint density at radius 2 is 0.901 bits per heavy atom. The molecule has 15 nitrogen and oxygen atoms in total. The molecule has 0 amide bonds. The molecule has 4 saturated carbocycles. The van der Waals surface area contributed by atoms with E-state index in [2.05, 4.69) is 43.6 Å². The van der Waals surface area contributed by atoms with E-state index in [-0.39, 0.29) is 19.0 Å². The smallest absolute Gasteiger partial charge is 0.215 e. The average Bonchev–Trinajstić information content (AvgIpc) is 4.45. The van der Waals surface area contributed by atoms with Crippen LogP contribution in [0.4, 0.5) is 0 Å². The summed E-state index contributed by atoms with van der Waals surface area (Å²) in [5.74, 6) is 5.46. The second-order valence-electron chi connectivity index (χ2n) is 20.2. The number of hydrazine groups is 2. The van der Waals surface area contributed by atoms with Crippen molar-refractivity contribution in [2.24, 2.45) is 11.6 Å². The fourth-order valence-electron chi connectivity index (χ4n) is 9.13. The van der Waals surface area contributed by atoms with E-state index in [0.29, 0.717) is 68.9 Å². The topological polar surface area (TPSA) is 240 Å². The van der Waals surface area contributed by atoms with Gasteiger partial charge in [-0.15, -0.1) is 69.6 Å². The van der Waals surface area contributed by atoms with Crippen LogP contribution in [0.5, 0.6) is 0 Å². The van der Waals surface area contributed by atoms with Crippen molar-refractivity contribution in [2.75, 3.05) is 39.1 Å². The van der Waals surface area contributed by atoms with Crippen LogP contribution in [0.3, 0.4) is 0 Å². The van der Waals surface area contributed by atoms with Crippen molar-refractivity contribution in [1.82, 2.24) is 35.9 Å². The van der Waals surface area contributed by atoms with E-state index in [1.54, 1.807) is 21.8 Å². The minimum absolute atomic E-state index is 0.127. The van der Waals surface area contributed by atoms with E-state index < -0.39 is 41.9 Å². The molecule has 1 aliphatic heterocycles. The Kier molecular flexibility index (Phi) is 28.0. The second kappa shape index (κ2) is 31.7. The molecular formula is C54H69Cl10N9O6S2. The number of benzene rings is 4. The van der Waals surface area contributed by atoms with Crippen molar-refractivity contribution in [1.29, 1.82) is 0 Å². The van der Waals surface area contributed by atoms with Gasteiger partial charge in [0.05, 0.1) is 45.1 Å². The molecular weight excluding hydrogens is 1290 g/mol. The van der Waals surface area contributed by atoms with E-state index in [0.717, 1.165) is 73.6 Å². The minimum atomic E-state index is -1.13. The first-order valence-electron chi connectivity index (χ1n) is 25.5. The van der Waals surface area contributed by atoms with Crippen molar-refractivity contribution in [2.45, 2.75) is 125 Å². The van der Waals surface area contributed by atoms with Crippen molar-refractivity contribution < 1.29 is 20.4 Å². The highest BCUT2D eigenvalue weighted by Crippen LogP contribution is 2.55. The lowest BCUT2D eigenvalue weighted by Crippen LogP contribution is -2.55. The summed E-state index contributed by atoms with van der Waals surface area (Å²) < 4.78 is 2.03. The number of hydrogen-bond donors (Lipinski definition) is 10. The molecule has 81 heavy (non-hydrogen) atoms. The Labute approximate surface area is 534 Å². The molecule has 448 valence electrons. The predicted octanol–water partition coefficient (Wildman–Crippen LogP) is 11.3. The SMILES string of the molecule is CCl.CN.NNCC(O)(Cc1ccccc1Cl)C1(Cl)CC1.O=O.OC(CCl)(Cc1ccccc1Cl)C1(Cl)CC1.OC(Cc1ccccc1Cl)(CN1NCNC1=S)C1(Cl)CC1.OC(Cc1ccccc1Cl)(Cn1[nH]cnc1=S)C1(Cl)CC1. The Morgan fingerprint density at radius 3 is 1.20 bits per heavy atom. The van der Waals surface area contributed by atoms with Crippen molar-refractivity contribution in [3.63, 3.8) is 0 Å². The third-order valence-electron chi connectivity index (χ3n) is 14.7. The highest BCUT2D eigenvalue weighted by molar-refractivity contribution is 7.80. The number of nitrogens with one attached hydrogen (secondary N) is 4. The molecule has 0 radical (unpaired) electrons. The molecule has 5 fully saturated rings. The molecule has 4 aromatic carbocycles. The Hall–Kier alpha value is -1.89. The number of aliphatic hydroxyl groups is 4. The van der Waals surface area contributed by atoms with Gasteiger partial charge in [-0.05, 0) is 129 Å². The number of halogens is 10. The Balaban J connectivity index is 0.000000226. The van der Waals surface area contributed by atoms with Gasteiger partial charge in [-0.2, -0.15) is 0 Å². The van der Waals surface area contributed by atoms with Gasteiger partial charge < -0.3 is 31.5 Å². The average molecular weight is 1360 g/mol. The van der Waals surface area contributed by atoms with Gasteiger partial charge in [0, 0.05) is 68.6 Å². The molecule has 12 N–H and O–H groups in total. The molecule has 2 heterocycles. The number of rotatable bonds is 19. The summed E-state index contributed by atoms with van der Waals surface area (Å²) in [5, 5.41) is 54.3. The maximum Gasteiger partial charge on any atom is 0.215 e. The lowest BCUT2D eigenvalue weighted by Gasteiger charge is -2.36. The molecule has 4 atom stereocenters. The zero-order valence-electron chi connectivity index (χ0n) is 44.5. The van der Waals surface area contributed by atoms with Gasteiger partial charge in [-0.1, -0.05) is 119 Å². The maximum absolute atomic E-state index is 11.2. The van der Waals surface area contributed by atoms with Crippen LogP contribution < -0.4 is 27.7 Å². The molecule has 0 spiro atoms. The molecule has 1 aromatic heterocycles. The Morgan fingerprint density at radius 1 is 0.580 bits per heavy atom. The van der Waals surface area contributed by atoms with E-state index in [1.807, 2.05) is 84.9 Å². The van der Waals surface area contributed by atoms with Crippen LogP contribution in [0.15, 0.2) is 103 Å². The van der Waals surface area contributed by atoms with Crippen molar-refractivity contribution in [3.8, 4) is 0 Å². The van der Waals surface area contributed by atoms with Gasteiger partial charge >= 0.3 is 0 Å². The number of alkyl halides is 6. The van der Waals surface area contributed by atoms with E-state index in [9.17, 15) is 20.4 Å². The molecule has 1 saturated heterocycles. The first kappa shape index (κ1) is 71.6. The first-order chi connectivity index (χ1) is 38.4. The van der Waals surface area contributed by atoms with Crippen LogP contribution in [0.25, 0.3) is 0 Å². The van der Waals surface area contributed by atoms with Crippen molar-refractivity contribution >= 4 is 146 Å². The van der Waals surface area contributed by atoms with Crippen LogP contribution in [-0.4, -0.2) is 126 Å². The normalized spacial score (nSPS) is 19.7. The number of nitrogens with zero attached hydrogens (tertiary/aromatic N) is 3. The monoisotopic (exact) mass is 1350 g/mol. The van der Waals surface area contributed by atoms with Gasteiger partial charge in [0.1, 0.15) is 28.7 Å². The summed E-state index contributed by atoms with van der Waals surface area (Å²) in [6, 6.07) is 29.9. The zero-order valence-corrected chi connectivity index (χ0v) is 53.7. The predicted molar refractivity (Wildman–Crippen MR) is 341 cm³/mol. The first-order valence-corrected chi connectivity index (χ1v) is 30.6. The summed E-state index contributed by atoms with van der Waals surface area (Å²) in [5.41, 5.74) is 9.30. The summed E-state index contributed by atoms with van der Waals surface area (Å²) in [6.07, 6.45) is 10.9. The van der Waals surface area contributed by atoms with Gasteiger partial charge in [0.25, 0.3) is 0 Å². The van der Waals surface area contributed by atoms with Crippen LogP contribution in [0, 0.1) is 14.7 Å². The number of aromatic nitrogens is 3. The van der Waals surface area contributed by atoms with Gasteiger partial charge in [-0.25, -0.2) is 10.4 Å². The lowest BCUT2D eigenvalue weighted by molar-refractivity contribution is 0.00278. The number of thiocarbonyl (C=S) groups is 1. The highest BCUT2D eigenvalue weighted by Gasteiger charge is 2.61. The largest absolute Gasteiger partial charge is 0.386 e. The summed E-state index contributed by atoms with van der Waals surface area (Å²) >= 11 is 71.2. The summed E-state index contributed by atoms with van der Waals surface area (Å²) in [6.45, 7) is 1.41. The number of β-amino-alcohol motifs (C(OH)–C–C–N with tert-alkyl or cyclic N) is 1. The quantitative estimate of drug-likeness (QED) is 0.0160. The van der Waals surface area contributed by atoms with E-state index in [1.165, 1.54) is 19.8 Å². The molecule has 5 aromatic rings. The highest BCUT2D eigenvalue weighted by atomic mass is 35.5. The lowest BCUT2D eigenvalue weighted by atomic mass is 9.88. The zero-order chi connectivity index (χ0) is 60.5. The van der Waals surface area contributed by atoms with Crippen LogP contribution in [0.1, 0.15) is 73.6 Å². The van der Waals surface area contributed by atoms with Gasteiger partial charge in [-0.3, -0.25) is 26.1 Å². The summed E-state index contributed by atoms with van der Waals surface area (Å²) in [7, 11) is 1.50. The van der Waals surface area contributed by atoms with Crippen LogP contribution in [0.2, 0.25) is 20.1 Å². The third kappa shape index (κ3) is 18.8. The fourth-order valence-corrected chi connectivity index (χ4v) is 11.6. The van der Waals surface area contributed by atoms with Gasteiger partial charge in [0.2, 0.25) is 4.77 Å². The third-order valence-corrected chi connectivity index (χ3v) is 20.2. The molecule has 10 rings (SSSR count). The molecule has 27 heteroatoms. The standard InChI is InChI=1S/C14H17Cl2N3OS.C14H15Cl2N3OS.C12H13Cl3O.C12H16Cl2N2O.CH3Cl.CH5N.O2/c2*15-11-4-2-1-3-10(11)7-14(20,13(16)5-6-13)8-19-12(21)17-9-18-19;13-8-12(16,11(15)5-6-11)7-9-3-1-2-4-10(9)14;13-10-4-2-1-3-9(10)7-12(17,8-16-15)11(14)5-6-11;3*1-2/h1-4,18,20H,5-9H2,(H,17,21);1-4,9,20H,5-8H2,(H,17,18,21);1-4,16H,5-8H2;1-4,16-17H,5-8,15H2;1H3;2H2,1H3;. The number of nitrogens with two attached hydrogens (primary N) is 2. The number of hydrogen-bond acceptors (Lipinski definition) is 13. The van der Waals surface area contributed by atoms with Crippen molar-refractivity contribution in [3.05, 3.63) is 160 Å². The number of aromatic amines is 1. The minimum Gasteiger partial charge on any atom is -0.386 e. The van der Waals surface area contributed by atoms with Gasteiger partial charge in [0.15, 0.2) is 5.11 Å². The van der Waals surface area contributed by atoms with Crippen LogP contribution in [-0.2, 0) is 32.2 Å². The van der Waals surface area contributed by atoms with Crippen LogP contribution >= 0.6 is 140 Å². The molecule has 4 unspecified atom stereocenters. The number of H-pyrrole nitrogens is 1. The molecule has 0 bridgehead atoms. The maximum atomic E-state index is 11.2. The molecule has 5 aliphatic rings.